The van der Waals surface area contributed by atoms with Gasteiger partial charge in [-0.3, -0.25) is 10.1 Å². The van der Waals surface area contributed by atoms with Crippen LogP contribution in [-0.2, 0) is 4.74 Å². The van der Waals surface area contributed by atoms with Crippen LogP contribution < -0.4 is 5.32 Å². The number of carbonyl (C=O) groups excluding carboxylic acids is 2. The summed E-state index contributed by atoms with van der Waals surface area (Å²) >= 11 is 1.07. The van der Waals surface area contributed by atoms with E-state index in [-0.39, 0.29) is 11.6 Å². The third-order valence-corrected chi connectivity index (χ3v) is 4.04. The fourth-order valence-corrected chi connectivity index (χ4v) is 2.82. The first-order chi connectivity index (χ1) is 10.6. The molecule has 22 heavy (non-hydrogen) atoms. The maximum Gasteiger partial charge on any atom is 0.350 e. The van der Waals surface area contributed by atoms with E-state index in [1.165, 1.54) is 7.11 Å². The van der Waals surface area contributed by atoms with Gasteiger partial charge in [-0.25, -0.2) is 14.3 Å². The molecule has 8 heteroatoms. The molecule has 0 atom stereocenters. The number of aromatic nitrogens is 3. The Labute approximate surface area is 129 Å². The van der Waals surface area contributed by atoms with Crippen LogP contribution in [0.15, 0.2) is 30.5 Å². The van der Waals surface area contributed by atoms with Crippen LogP contribution in [0.5, 0.6) is 0 Å². The van der Waals surface area contributed by atoms with Crippen molar-refractivity contribution in [3.63, 3.8) is 0 Å². The van der Waals surface area contributed by atoms with Crippen molar-refractivity contribution < 1.29 is 14.3 Å². The van der Waals surface area contributed by atoms with Crippen molar-refractivity contribution in [2.45, 2.75) is 6.92 Å². The number of nitrogens with one attached hydrogen (secondary N) is 1. The Balaban J connectivity index is 1.83. The molecule has 0 radical (unpaired) electrons. The zero-order chi connectivity index (χ0) is 15.7. The SMILES string of the molecule is COC(=O)c1sc(NC(=O)c2cc3ccccn3n2)nc1C. The summed E-state index contributed by atoms with van der Waals surface area (Å²) in [7, 11) is 1.30. The minimum absolute atomic E-state index is 0.277. The first kappa shape index (κ1) is 14.2. The van der Waals surface area contributed by atoms with Gasteiger partial charge in [0.05, 0.1) is 18.3 Å². The van der Waals surface area contributed by atoms with Crippen molar-refractivity contribution in [1.29, 1.82) is 0 Å². The van der Waals surface area contributed by atoms with Crippen molar-refractivity contribution in [2.75, 3.05) is 12.4 Å². The minimum Gasteiger partial charge on any atom is -0.465 e. The standard InChI is InChI=1S/C14H12N4O3S/c1-8-11(13(20)21-2)22-14(15-8)16-12(19)10-7-9-5-3-4-6-18(9)17-10/h3-7H,1-2H3,(H,15,16,19). The summed E-state index contributed by atoms with van der Waals surface area (Å²) in [6.07, 6.45) is 1.76. The molecule has 0 aliphatic carbocycles. The number of thiazole rings is 1. The van der Waals surface area contributed by atoms with Crippen LogP contribution in [0.1, 0.15) is 25.9 Å². The number of rotatable bonds is 3. The molecule has 0 bridgehead atoms. The lowest BCUT2D eigenvalue weighted by Crippen LogP contribution is -2.12. The van der Waals surface area contributed by atoms with Gasteiger partial charge in [-0.1, -0.05) is 17.4 Å². The quantitative estimate of drug-likeness (QED) is 0.748. The highest BCUT2D eigenvalue weighted by molar-refractivity contribution is 7.17. The monoisotopic (exact) mass is 316 g/mol. The molecule has 0 aliphatic rings. The highest BCUT2D eigenvalue weighted by atomic mass is 32.1. The molecular weight excluding hydrogens is 304 g/mol. The second-order valence-electron chi connectivity index (χ2n) is 4.48. The molecule has 3 aromatic rings. The zero-order valence-corrected chi connectivity index (χ0v) is 12.7. The number of hydrogen-bond acceptors (Lipinski definition) is 6. The van der Waals surface area contributed by atoms with E-state index in [0.29, 0.717) is 15.7 Å². The van der Waals surface area contributed by atoms with Gasteiger partial charge < -0.3 is 4.74 Å². The molecular formula is C14H12N4O3S. The summed E-state index contributed by atoms with van der Waals surface area (Å²) in [4.78, 5) is 28.3. The Morgan fingerprint density at radius 2 is 2.18 bits per heavy atom. The lowest BCUT2D eigenvalue weighted by molar-refractivity contribution is 0.0605. The third-order valence-electron chi connectivity index (χ3n) is 2.99. The number of nitrogens with zero attached hydrogens (tertiary/aromatic N) is 3. The van der Waals surface area contributed by atoms with E-state index in [4.69, 9.17) is 0 Å². The topological polar surface area (TPSA) is 85.6 Å². The number of fused-ring (bicyclic) bond motifs is 1. The Kier molecular flexibility index (Phi) is 3.60. The first-order valence-electron chi connectivity index (χ1n) is 6.40. The molecule has 3 heterocycles. The average Bonchev–Trinajstić information content (AvgIpc) is 3.09. The number of hydrogen-bond donors (Lipinski definition) is 1. The van der Waals surface area contributed by atoms with Gasteiger partial charge in [-0.2, -0.15) is 5.10 Å². The highest BCUT2D eigenvalue weighted by Gasteiger charge is 2.18. The Bertz CT molecular complexity index is 835. The van der Waals surface area contributed by atoms with Crippen LogP contribution in [0.2, 0.25) is 0 Å². The molecule has 0 fully saturated rings. The van der Waals surface area contributed by atoms with Gasteiger partial charge in [0.15, 0.2) is 10.8 Å². The normalized spacial score (nSPS) is 10.6. The van der Waals surface area contributed by atoms with Crippen LogP contribution in [0.4, 0.5) is 5.13 Å². The second-order valence-corrected chi connectivity index (χ2v) is 5.48. The summed E-state index contributed by atoms with van der Waals surface area (Å²) < 4.78 is 6.28. The number of esters is 1. The van der Waals surface area contributed by atoms with Gasteiger partial charge in [0.25, 0.3) is 5.91 Å². The molecule has 0 saturated carbocycles. The van der Waals surface area contributed by atoms with E-state index < -0.39 is 5.97 Å². The van der Waals surface area contributed by atoms with Gasteiger partial charge in [-0.05, 0) is 25.1 Å². The van der Waals surface area contributed by atoms with E-state index >= 15 is 0 Å². The van der Waals surface area contributed by atoms with Gasteiger partial charge >= 0.3 is 5.97 Å². The molecule has 1 N–H and O–H groups in total. The number of amides is 1. The predicted molar refractivity (Wildman–Crippen MR) is 81.3 cm³/mol. The molecule has 112 valence electrons. The maximum atomic E-state index is 12.2. The van der Waals surface area contributed by atoms with E-state index in [1.807, 2.05) is 18.2 Å². The first-order valence-corrected chi connectivity index (χ1v) is 7.21. The van der Waals surface area contributed by atoms with Gasteiger partial charge in [-0.15, -0.1) is 0 Å². The fourth-order valence-electron chi connectivity index (χ4n) is 1.94. The molecule has 0 aromatic carbocycles. The van der Waals surface area contributed by atoms with Crippen LogP contribution in [0, 0.1) is 6.92 Å². The van der Waals surface area contributed by atoms with E-state index in [9.17, 15) is 9.59 Å². The van der Waals surface area contributed by atoms with Crippen molar-refractivity contribution in [3.8, 4) is 0 Å². The lowest BCUT2D eigenvalue weighted by atomic mass is 10.3. The van der Waals surface area contributed by atoms with Gasteiger partial charge in [0, 0.05) is 6.20 Å². The molecule has 0 saturated heterocycles. The second kappa shape index (κ2) is 5.57. The molecule has 3 rings (SSSR count). The summed E-state index contributed by atoms with van der Waals surface area (Å²) in [5, 5.41) is 7.16. The van der Waals surface area contributed by atoms with Crippen molar-refractivity contribution in [2.24, 2.45) is 0 Å². The van der Waals surface area contributed by atoms with Crippen LogP contribution >= 0.6 is 11.3 Å². The molecule has 1 amide bonds. The van der Waals surface area contributed by atoms with E-state index in [1.54, 1.807) is 23.7 Å². The van der Waals surface area contributed by atoms with Crippen LogP contribution in [-0.4, -0.2) is 33.6 Å². The molecule has 0 aliphatic heterocycles. The maximum absolute atomic E-state index is 12.2. The third kappa shape index (κ3) is 2.56. The van der Waals surface area contributed by atoms with Crippen LogP contribution in [0.25, 0.3) is 5.52 Å². The molecule has 3 aromatic heterocycles. The number of methoxy groups -OCH3 is 1. The summed E-state index contributed by atoms with van der Waals surface area (Å²) in [6.45, 7) is 1.68. The van der Waals surface area contributed by atoms with E-state index in [2.05, 4.69) is 20.1 Å². The molecule has 0 unspecified atom stereocenters. The number of aryl methyl sites for hydroxylation is 1. The average molecular weight is 316 g/mol. The van der Waals surface area contributed by atoms with Gasteiger partial charge in [0.1, 0.15) is 4.88 Å². The highest BCUT2D eigenvalue weighted by Crippen LogP contribution is 2.23. The summed E-state index contributed by atoms with van der Waals surface area (Å²) in [6, 6.07) is 7.23. The number of anilines is 1. The Morgan fingerprint density at radius 3 is 2.91 bits per heavy atom. The van der Waals surface area contributed by atoms with Gasteiger partial charge in [0.2, 0.25) is 0 Å². The Morgan fingerprint density at radius 1 is 1.36 bits per heavy atom. The van der Waals surface area contributed by atoms with E-state index in [0.717, 1.165) is 16.9 Å². The largest absolute Gasteiger partial charge is 0.465 e. The number of pyridine rings is 1. The lowest BCUT2D eigenvalue weighted by Gasteiger charge is -1.96. The smallest absolute Gasteiger partial charge is 0.350 e. The fraction of sp³-hybridized carbons (Fsp3) is 0.143. The predicted octanol–water partition coefficient (Wildman–Crippen LogP) is 2.14. The molecule has 0 spiro atoms. The van der Waals surface area contributed by atoms with Crippen molar-refractivity contribution in [3.05, 3.63) is 46.7 Å². The molecule has 7 nitrogen and oxygen atoms in total. The van der Waals surface area contributed by atoms with Crippen molar-refractivity contribution >= 4 is 33.9 Å². The zero-order valence-electron chi connectivity index (χ0n) is 11.9. The number of carbonyl (C=O) groups is 2. The van der Waals surface area contributed by atoms with Crippen molar-refractivity contribution in [1.82, 2.24) is 14.6 Å². The Hall–Kier alpha value is -2.74. The number of ether oxygens (including phenoxy) is 1. The van der Waals surface area contributed by atoms with Crippen LogP contribution in [0.3, 0.4) is 0 Å². The minimum atomic E-state index is -0.469. The summed E-state index contributed by atoms with van der Waals surface area (Å²) in [5.41, 5.74) is 1.61. The summed E-state index contributed by atoms with van der Waals surface area (Å²) in [5.74, 6) is -0.850.